The molecule has 1 fully saturated rings. The van der Waals surface area contributed by atoms with Crippen molar-refractivity contribution in [3.05, 3.63) is 12.7 Å². The van der Waals surface area contributed by atoms with Gasteiger partial charge in [-0.25, -0.2) is 15.0 Å². The van der Waals surface area contributed by atoms with Crippen LogP contribution in [0.15, 0.2) is 12.7 Å². The highest BCUT2D eigenvalue weighted by Crippen LogP contribution is 2.39. The van der Waals surface area contributed by atoms with E-state index in [9.17, 15) is 20.4 Å². The first-order chi connectivity index (χ1) is 9.48. The van der Waals surface area contributed by atoms with E-state index in [0.717, 1.165) is 0 Å². The topological polar surface area (TPSA) is 151 Å². The highest BCUT2D eigenvalue weighted by molar-refractivity contribution is 5.81. The Morgan fingerprint density at radius 2 is 2.10 bits per heavy atom. The maximum atomic E-state index is 10.1. The van der Waals surface area contributed by atoms with Crippen molar-refractivity contribution in [2.24, 2.45) is 0 Å². The van der Waals surface area contributed by atoms with Crippen LogP contribution in [0, 0.1) is 0 Å². The van der Waals surface area contributed by atoms with Gasteiger partial charge in [-0.3, -0.25) is 0 Å². The molecule has 0 spiro atoms. The highest BCUT2D eigenvalue weighted by atomic mass is 16.4. The van der Waals surface area contributed by atoms with E-state index in [1.807, 2.05) is 0 Å². The Hall–Kier alpha value is -1.81. The van der Waals surface area contributed by atoms with Crippen LogP contribution in [0.1, 0.15) is 12.5 Å². The molecule has 0 radical (unpaired) electrons. The van der Waals surface area contributed by atoms with Gasteiger partial charge in [0.1, 0.15) is 29.7 Å². The highest BCUT2D eigenvalue weighted by Gasteiger charge is 2.52. The zero-order valence-electron chi connectivity index (χ0n) is 10.5. The van der Waals surface area contributed by atoms with Crippen LogP contribution < -0.4 is 5.73 Å². The van der Waals surface area contributed by atoms with E-state index in [-0.39, 0.29) is 12.2 Å². The van der Waals surface area contributed by atoms with E-state index in [0.29, 0.717) is 11.2 Å². The van der Waals surface area contributed by atoms with Crippen LogP contribution in [0.2, 0.25) is 0 Å². The predicted octanol–water partition coefficient (Wildman–Crippen LogP) is -2.20. The molecule has 9 heteroatoms. The Balaban J connectivity index is 2.06. The number of hydrogen-bond acceptors (Lipinski definition) is 8. The van der Waals surface area contributed by atoms with Gasteiger partial charge in [0.25, 0.3) is 0 Å². The molecule has 0 unspecified atom stereocenters. The van der Waals surface area contributed by atoms with Gasteiger partial charge in [0.05, 0.1) is 19.0 Å². The predicted molar refractivity (Wildman–Crippen MR) is 67.4 cm³/mol. The Morgan fingerprint density at radius 1 is 1.35 bits per heavy atom. The summed E-state index contributed by atoms with van der Waals surface area (Å²) in [5.74, 6) is 0.208. The van der Waals surface area contributed by atoms with Crippen LogP contribution in [0.4, 0.5) is 5.82 Å². The third kappa shape index (κ3) is 1.68. The van der Waals surface area contributed by atoms with Gasteiger partial charge in [0.2, 0.25) is 0 Å². The summed E-state index contributed by atoms with van der Waals surface area (Å²) < 4.78 is 1.52. The van der Waals surface area contributed by atoms with Crippen LogP contribution in [-0.2, 0) is 0 Å². The van der Waals surface area contributed by atoms with Gasteiger partial charge in [-0.2, -0.15) is 0 Å². The van der Waals surface area contributed by atoms with Crippen molar-refractivity contribution in [3.63, 3.8) is 0 Å². The Morgan fingerprint density at radius 3 is 2.75 bits per heavy atom. The molecule has 0 aromatic carbocycles. The Bertz CT molecular complexity index is 647. The van der Waals surface area contributed by atoms with Gasteiger partial charge in [0, 0.05) is 6.42 Å². The van der Waals surface area contributed by atoms with Gasteiger partial charge in [-0.15, -0.1) is 0 Å². The Kier molecular flexibility index (Phi) is 2.87. The minimum absolute atomic E-state index is 0.0266. The molecule has 1 saturated carbocycles. The molecule has 3 rings (SSSR count). The van der Waals surface area contributed by atoms with E-state index >= 15 is 0 Å². The first-order valence-corrected chi connectivity index (χ1v) is 6.10. The third-order valence-electron chi connectivity index (χ3n) is 3.85. The number of fused-ring (bicyclic) bond motifs is 1. The molecule has 1 aliphatic rings. The number of nitrogens with zero attached hydrogens (tertiary/aromatic N) is 4. The Labute approximate surface area is 113 Å². The van der Waals surface area contributed by atoms with E-state index in [4.69, 9.17) is 5.73 Å². The molecule has 1 aliphatic carbocycles. The molecule has 2 heterocycles. The standard InChI is InChI=1S/C11H15N5O4/c12-9-6-10(14-3-13-9)16(4-15-6)5-1-11(20,2-17)8(19)7(5)18/h3-5,7-8,17-20H,1-2H2,(H2,12,13,14)/t5-,7+,8+,11+/m1/s1. The van der Waals surface area contributed by atoms with Gasteiger partial charge >= 0.3 is 0 Å². The number of anilines is 1. The second kappa shape index (κ2) is 4.35. The van der Waals surface area contributed by atoms with Gasteiger partial charge in [-0.05, 0) is 0 Å². The summed E-state index contributed by atoms with van der Waals surface area (Å²) in [6, 6.07) is -0.665. The molecule has 6 N–H and O–H groups in total. The van der Waals surface area contributed by atoms with Crippen molar-refractivity contribution in [1.82, 2.24) is 19.5 Å². The second-order valence-electron chi connectivity index (χ2n) is 5.05. The summed E-state index contributed by atoms with van der Waals surface area (Å²) in [6.07, 6.45) is -0.0400. The number of nitrogens with two attached hydrogens (primary N) is 1. The number of imidazole rings is 1. The summed E-state index contributed by atoms with van der Waals surface area (Å²) >= 11 is 0. The van der Waals surface area contributed by atoms with Gasteiger partial charge in [-0.1, -0.05) is 0 Å². The lowest BCUT2D eigenvalue weighted by atomic mass is 10.0. The number of hydrogen-bond donors (Lipinski definition) is 5. The second-order valence-corrected chi connectivity index (χ2v) is 5.05. The molecule has 2 aromatic rings. The molecule has 0 bridgehead atoms. The number of aliphatic hydroxyl groups excluding tert-OH is 3. The molecule has 4 atom stereocenters. The lowest BCUT2D eigenvalue weighted by Gasteiger charge is -2.23. The summed E-state index contributed by atoms with van der Waals surface area (Å²) in [5, 5.41) is 39.2. The normalized spacial score (nSPS) is 33.9. The van der Waals surface area contributed by atoms with Crippen molar-refractivity contribution in [3.8, 4) is 0 Å². The number of aromatic nitrogens is 4. The van der Waals surface area contributed by atoms with E-state index in [1.54, 1.807) is 0 Å². The zero-order valence-corrected chi connectivity index (χ0v) is 10.5. The van der Waals surface area contributed by atoms with Crippen LogP contribution in [0.5, 0.6) is 0 Å². The summed E-state index contributed by atoms with van der Waals surface area (Å²) in [7, 11) is 0. The van der Waals surface area contributed by atoms with E-state index < -0.39 is 30.5 Å². The fourth-order valence-electron chi connectivity index (χ4n) is 2.67. The minimum atomic E-state index is -1.75. The maximum Gasteiger partial charge on any atom is 0.165 e. The first-order valence-electron chi connectivity index (χ1n) is 6.10. The van der Waals surface area contributed by atoms with Crippen molar-refractivity contribution in [2.75, 3.05) is 12.3 Å². The number of aliphatic hydroxyl groups is 4. The quantitative estimate of drug-likeness (QED) is 0.416. The van der Waals surface area contributed by atoms with Crippen molar-refractivity contribution in [1.29, 1.82) is 0 Å². The lowest BCUT2D eigenvalue weighted by Crippen LogP contribution is -2.45. The van der Waals surface area contributed by atoms with Crippen molar-refractivity contribution in [2.45, 2.75) is 30.3 Å². The molecular formula is C11H15N5O4. The molecule has 0 amide bonds. The molecule has 0 aliphatic heterocycles. The molecule has 0 saturated heterocycles. The lowest BCUT2D eigenvalue weighted by molar-refractivity contribution is -0.111. The third-order valence-corrected chi connectivity index (χ3v) is 3.85. The van der Waals surface area contributed by atoms with E-state index in [2.05, 4.69) is 15.0 Å². The number of nitrogen functional groups attached to an aromatic ring is 1. The average Bonchev–Trinajstić information content (AvgIpc) is 2.96. The summed E-state index contributed by atoms with van der Waals surface area (Å²) in [5.41, 5.74) is 4.71. The van der Waals surface area contributed by atoms with E-state index in [1.165, 1.54) is 17.2 Å². The van der Waals surface area contributed by atoms with Crippen LogP contribution in [0.25, 0.3) is 11.2 Å². The fourth-order valence-corrected chi connectivity index (χ4v) is 2.67. The monoisotopic (exact) mass is 281 g/mol. The average molecular weight is 281 g/mol. The largest absolute Gasteiger partial charge is 0.393 e. The van der Waals surface area contributed by atoms with Crippen LogP contribution in [-0.4, -0.2) is 64.4 Å². The van der Waals surface area contributed by atoms with Crippen molar-refractivity contribution < 1.29 is 20.4 Å². The number of rotatable bonds is 2. The summed E-state index contributed by atoms with van der Waals surface area (Å²) in [6.45, 7) is -0.647. The smallest absolute Gasteiger partial charge is 0.165 e. The van der Waals surface area contributed by atoms with Crippen molar-refractivity contribution >= 4 is 17.0 Å². The molecule has 20 heavy (non-hydrogen) atoms. The van der Waals surface area contributed by atoms with Gasteiger partial charge in [0.15, 0.2) is 11.5 Å². The maximum absolute atomic E-state index is 10.1. The SMILES string of the molecule is Nc1ncnc2c1ncn2[C@@H]1C[C@](O)(CO)[C@@H](O)[C@H]1O. The molecule has 2 aromatic heterocycles. The van der Waals surface area contributed by atoms with Gasteiger partial charge < -0.3 is 30.7 Å². The van der Waals surface area contributed by atoms with Crippen LogP contribution >= 0.6 is 0 Å². The summed E-state index contributed by atoms with van der Waals surface area (Å²) in [4.78, 5) is 11.9. The minimum Gasteiger partial charge on any atom is -0.393 e. The zero-order chi connectivity index (χ0) is 14.5. The molecule has 108 valence electrons. The molecule has 9 nitrogen and oxygen atoms in total. The molecular weight excluding hydrogens is 266 g/mol. The fraction of sp³-hybridized carbons (Fsp3) is 0.545. The van der Waals surface area contributed by atoms with Crippen LogP contribution in [0.3, 0.4) is 0 Å². The first kappa shape index (κ1) is 13.2.